The van der Waals surface area contributed by atoms with Crippen LogP contribution in [0.5, 0.6) is 0 Å². The van der Waals surface area contributed by atoms with E-state index in [4.69, 9.17) is 0 Å². The van der Waals surface area contributed by atoms with Gasteiger partial charge < -0.3 is 16.0 Å². The molecule has 1 amide bonds. The monoisotopic (exact) mass is 369 g/mol. The van der Waals surface area contributed by atoms with Gasteiger partial charge in [-0.25, -0.2) is 0 Å². The number of carbonyl (C=O) groups is 1. The van der Waals surface area contributed by atoms with Gasteiger partial charge in [-0.3, -0.25) is 19.9 Å². The lowest BCUT2D eigenvalue weighted by Gasteiger charge is -2.12. The van der Waals surface area contributed by atoms with Crippen LogP contribution in [0.4, 0.5) is 5.69 Å². The molecule has 0 saturated carbocycles. The Bertz CT molecular complexity index is 836. The van der Waals surface area contributed by atoms with E-state index in [1.807, 2.05) is 18.2 Å². The van der Waals surface area contributed by atoms with Crippen LogP contribution in [0.15, 0.2) is 53.5 Å². The molecule has 2 aromatic rings. The molecule has 8 nitrogen and oxygen atoms in total. The van der Waals surface area contributed by atoms with E-state index >= 15 is 0 Å². The number of nitro benzene ring substituents is 1. The molecule has 0 aliphatic heterocycles. The third-order valence-corrected chi connectivity index (χ3v) is 3.98. The van der Waals surface area contributed by atoms with Gasteiger partial charge in [0.05, 0.1) is 4.92 Å². The summed E-state index contributed by atoms with van der Waals surface area (Å²) < 4.78 is 0. The van der Waals surface area contributed by atoms with Crippen molar-refractivity contribution in [2.24, 2.45) is 4.99 Å². The number of para-hydroxylation sites is 1. The number of aliphatic imine (C=N–C) groups is 1. The third kappa shape index (κ3) is 5.81. The van der Waals surface area contributed by atoms with E-state index in [1.165, 1.54) is 6.07 Å². The molecule has 0 heterocycles. The van der Waals surface area contributed by atoms with Crippen molar-refractivity contribution < 1.29 is 9.72 Å². The summed E-state index contributed by atoms with van der Waals surface area (Å²) in [6.45, 7) is 0.900. The molecule has 0 aliphatic rings. The summed E-state index contributed by atoms with van der Waals surface area (Å²) in [5.41, 5.74) is 2.31. The fraction of sp³-hybridized carbons (Fsp3) is 0.263. The van der Waals surface area contributed by atoms with Crippen molar-refractivity contribution in [1.82, 2.24) is 16.0 Å². The second kappa shape index (κ2) is 9.91. The van der Waals surface area contributed by atoms with Crippen LogP contribution in [0.25, 0.3) is 0 Å². The number of hydrogen-bond acceptors (Lipinski definition) is 4. The normalized spacial score (nSPS) is 11.0. The number of hydrogen-bond donors (Lipinski definition) is 3. The second-order valence-electron chi connectivity index (χ2n) is 5.77. The van der Waals surface area contributed by atoms with E-state index in [1.54, 1.807) is 38.4 Å². The Labute approximate surface area is 157 Å². The summed E-state index contributed by atoms with van der Waals surface area (Å²) in [5, 5.41) is 19.9. The van der Waals surface area contributed by atoms with E-state index in [0.717, 1.165) is 5.56 Å². The Balaban J connectivity index is 1.88. The largest absolute Gasteiger partial charge is 0.356 e. The molecule has 0 spiro atoms. The van der Waals surface area contributed by atoms with Crippen molar-refractivity contribution in [2.75, 3.05) is 20.6 Å². The maximum atomic E-state index is 11.7. The van der Waals surface area contributed by atoms with E-state index in [9.17, 15) is 14.9 Å². The average Bonchev–Trinajstić information content (AvgIpc) is 2.70. The zero-order chi connectivity index (χ0) is 19.6. The highest BCUT2D eigenvalue weighted by molar-refractivity contribution is 5.94. The standard InChI is InChI=1S/C19H23N5O3/c1-20-18(25)15-8-5-6-14(12-15)10-11-22-19(21-2)23-13-16-7-3-4-9-17(16)24(26)27/h3-9,12H,10-11,13H2,1-2H3,(H,20,25)(H2,21,22,23). The second-order valence-corrected chi connectivity index (χ2v) is 5.77. The van der Waals surface area contributed by atoms with Crippen molar-refractivity contribution >= 4 is 17.6 Å². The minimum atomic E-state index is -0.396. The van der Waals surface area contributed by atoms with Gasteiger partial charge >= 0.3 is 0 Å². The maximum absolute atomic E-state index is 11.7. The SMILES string of the molecule is CN=C(NCCc1cccc(C(=O)NC)c1)NCc1ccccc1[N+](=O)[O-]. The number of nitrogens with zero attached hydrogens (tertiary/aromatic N) is 2. The van der Waals surface area contributed by atoms with Crippen LogP contribution in [0, 0.1) is 10.1 Å². The number of rotatable bonds is 7. The van der Waals surface area contributed by atoms with Crippen LogP contribution >= 0.6 is 0 Å². The lowest BCUT2D eigenvalue weighted by molar-refractivity contribution is -0.385. The highest BCUT2D eigenvalue weighted by Crippen LogP contribution is 2.16. The molecule has 0 radical (unpaired) electrons. The van der Waals surface area contributed by atoms with Gasteiger partial charge in [0.15, 0.2) is 5.96 Å². The van der Waals surface area contributed by atoms with Gasteiger partial charge in [0.1, 0.15) is 0 Å². The first-order valence-electron chi connectivity index (χ1n) is 8.53. The molecule has 0 unspecified atom stereocenters. The van der Waals surface area contributed by atoms with Crippen LogP contribution in [0.3, 0.4) is 0 Å². The van der Waals surface area contributed by atoms with Crippen LogP contribution in [0.2, 0.25) is 0 Å². The van der Waals surface area contributed by atoms with Crippen LogP contribution in [0.1, 0.15) is 21.5 Å². The summed E-state index contributed by atoms with van der Waals surface area (Å²) in [6.07, 6.45) is 0.705. The van der Waals surface area contributed by atoms with Crippen LogP contribution < -0.4 is 16.0 Å². The minimum Gasteiger partial charge on any atom is -0.356 e. The van der Waals surface area contributed by atoms with Gasteiger partial charge in [-0.15, -0.1) is 0 Å². The molecule has 0 saturated heterocycles. The van der Waals surface area contributed by atoms with E-state index in [-0.39, 0.29) is 11.6 Å². The number of nitrogens with one attached hydrogen (secondary N) is 3. The summed E-state index contributed by atoms with van der Waals surface area (Å²) in [5.74, 6) is 0.433. The number of carbonyl (C=O) groups excluding carboxylic acids is 1. The number of nitro groups is 1. The molecular weight excluding hydrogens is 346 g/mol. The van der Waals surface area contributed by atoms with Gasteiger partial charge in [0.25, 0.3) is 11.6 Å². The predicted octanol–water partition coefficient (Wildman–Crippen LogP) is 1.86. The number of amides is 1. The minimum absolute atomic E-state index is 0.0754. The van der Waals surface area contributed by atoms with Gasteiger partial charge in [0.2, 0.25) is 0 Å². The van der Waals surface area contributed by atoms with Crippen molar-refractivity contribution in [2.45, 2.75) is 13.0 Å². The summed E-state index contributed by atoms with van der Waals surface area (Å²) in [6, 6.07) is 14.0. The highest BCUT2D eigenvalue weighted by Gasteiger charge is 2.12. The molecule has 0 aliphatic carbocycles. The van der Waals surface area contributed by atoms with Gasteiger partial charge in [-0.1, -0.05) is 30.3 Å². The Morgan fingerprint density at radius 2 is 1.93 bits per heavy atom. The zero-order valence-corrected chi connectivity index (χ0v) is 15.4. The molecular formula is C19H23N5O3. The lowest BCUT2D eigenvalue weighted by atomic mass is 10.1. The molecule has 0 bridgehead atoms. The van der Waals surface area contributed by atoms with E-state index in [0.29, 0.717) is 36.6 Å². The third-order valence-electron chi connectivity index (χ3n) is 3.98. The first-order chi connectivity index (χ1) is 13.0. The quantitative estimate of drug-likeness (QED) is 0.299. The summed E-state index contributed by atoms with van der Waals surface area (Å²) >= 11 is 0. The molecule has 2 rings (SSSR count). The van der Waals surface area contributed by atoms with Crippen molar-refractivity contribution in [3.8, 4) is 0 Å². The molecule has 0 aromatic heterocycles. The topological polar surface area (TPSA) is 109 Å². The highest BCUT2D eigenvalue weighted by atomic mass is 16.6. The van der Waals surface area contributed by atoms with Crippen LogP contribution in [-0.4, -0.2) is 37.4 Å². The molecule has 2 aromatic carbocycles. The van der Waals surface area contributed by atoms with E-state index < -0.39 is 4.92 Å². The lowest BCUT2D eigenvalue weighted by Crippen LogP contribution is -2.38. The van der Waals surface area contributed by atoms with Gasteiger partial charge in [0, 0.05) is 44.4 Å². The van der Waals surface area contributed by atoms with Gasteiger partial charge in [-0.2, -0.15) is 0 Å². The molecule has 27 heavy (non-hydrogen) atoms. The fourth-order valence-corrected chi connectivity index (χ4v) is 2.58. The predicted molar refractivity (Wildman–Crippen MR) is 105 cm³/mol. The summed E-state index contributed by atoms with van der Waals surface area (Å²) in [4.78, 5) is 26.5. The first kappa shape index (κ1) is 19.9. The van der Waals surface area contributed by atoms with Crippen LogP contribution in [-0.2, 0) is 13.0 Å². The first-order valence-corrected chi connectivity index (χ1v) is 8.53. The molecule has 142 valence electrons. The van der Waals surface area contributed by atoms with Crippen molar-refractivity contribution in [3.63, 3.8) is 0 Å². The molecule has 0 fully saturated rings. The Morgan fingerprint density at radius 3 is 2.63 bits per heavy atom. The summed E-state index contributed by atoms with van der Waals surface area (Å²) in [7, 11) is 3.24. The van der Waals surface area contributed by atoms with Crippen molar-refractivity contribution in [1.29, 1.82) is 0 Å². The maximum Gasteiger partial charge on any atom is 0.274 e. The Kier molecular flexibility index (Phi) is 7.30. The zero-order valence-electron chi connectivity index (χ0n) is 15.4. The van der Waals surface area contributed by atoms with Gasteiger partial charge in [-0.05, 0) is 24.1 Å². The fourth-order valence-electron chi connectivity index (χ4n) is 2.58. The smallest absolute Gasteiger partial charge is 0.274 e. The molecule has 3 N–H and O–H groups in total. The Hall–Kier alpha value is -3.42. The number of guanidine groups is 1. The average molecular weight is 369 g/mol. The Morgan fingerprint density at radius 1 is 1.15 bits per heavy atom. The van der Waals surface area contributed by atoms with E-state index in [2.05, 4.69) is 20.9 Å². The molecule has 0 atom stereocenters. The number of benzene rings is 2. The molecule has 8 heteroatoms. The van der Waals surface area contributed by atoms with Crippen molar-refractivity contribution in [3.05, 3.63) is 75.3 Å².